The fourth-order valence-electron chi connectivity index (χ4n) is 1.73. The van der Waals surface area contributed by atoms with Crippen molar-refractivity contribution in [3.8, 4) is 0 Å². The third kappa shape index (κ3) is 1.66. The van der Waals surface area contributed by atoms with E-state index < -0.39 is 17.5 Å². The Morgan fingerprint density at radius 1 is 1.29 bits per heavy atom. The van der Waals surface area contributed by atoms with Gasteiger partial charge in [-0.25, -0.2) is 0 Å². The molecule has 1 aliphatic rings. The molecule has 1 fully saturated rings. The summed E-state index contributed by atoms with van der Waals surface area (Å²) in [5.41, 5.74) is -0.715. The lowest BCUT2D eigenvalue weighted by atomic mass is 9.73. The summed E-state index contributed by atoms with van der Waals surface area (Å²) in [6.07, 6.45) is 2.40. The molecule has 1 saturated carbocycles. The molecule has 0 bridgehead atoms. The van der Waals surface area contributed by atoms with Crippen LogP contribution in [0.25, 0.3) is 0 Å². The molecule has 0 heterocycles. The van der Waals surface area contributed by atoms with Gasteiger partial charge < -0.3 is 9.47 Å². The predicted octanol–water partition coefficient (Wildman–Crippen LogP) is 0.934. The van der Waals surface area contributed by atoms with Gasteiger partial charge in [0.05, 0.1) is 7.11 Å². The fourth-order valence-corrected chi connectivity index (χ4v) is 1.73. The second-order valence-corrected chi connectivity index (χ2v) is 3.66. The summed E-state index contributed by atoms with van der Waals surface area (Å²) < 4.78 is 9.72. The van der Waals surface area contributed by atoms with Crippen LogP contribution >= 0.6 is 0 Å². The highest BCUT2D eigenvalue weighted by molar-refractivity contribution is 6.03. The van der Waals surface area contributed by atoms with E-state index in [9.17, 15) is 9.59 Å². The van der Waals surface area contributed by atoms with Crippen LogP contribution in [0.4, 0.5) is 0 Å². The van der Waals surface area contributed by atoms with E-state index in [-0.39, 0.29) is 5.78 Å². The van der Waals surface area contributed by atoms with E-state index in [1.54, 1.807) is 6.92 Å². The summed E-state index contributed by atoms with van der Waals surface area (Å²) in [4.78, 5) is 23.0. The van der Waals surface area contributed by atoms with E-state index in [2.05, 4.69) is 4.74 Å². The van der Waals surface area contributed by atoms with Crippen molar-refractivity contribution in [3.63, 3.8) is 0 Å². The number of hydrogen-bond donors (Lipinski definition) is 0. The second-order valence-electron chi connectivity index (χ2n) is 3.66. The fraction of sp³-hybridized carbons (Fsp3) is 0.800. The Hall–Kier alpha value is -0.900. The highest BCUT2D eigenvalue weighted by atomic mass is 16.5. The topological polar surface area (TPSA) is 52.6 Å². The Bertz CT molecular complexity index is 237. The first-order chi connectivity index (χ1) is 6.57. The quantitative estimate of drug-likeness (QED) is 0.500. The van der Waals surface area contributed by atoms with Crippen LogP contribution in [0.3, 0.4) is 0 Å². The van der Waals surface area contributed by atoms with E-state index in [0.717, 1.165) is 6.42 Å². The molecular weight excluding hydrogens is 184 g/mol. The molecule has 0 aromatic heterocycles. The maximum absolute atomic E-state index is 11.9. The van der Waals surface area contributed by atoms with Gasteiger partial charge in [0.2, 0.25) is 0 Å². The minimum atomic E-state index is -0.722. The van der Waals surface area contributed by atoms with Gasteiger partial charge in [-0.15, -0.1) is 0 Å². The zero-order chi connectivity index (χ0) is 10.8. The van der Waals surface area contributed by atoms with Gasteiger partial charge in [0, 0.05) is 7.11 Å². The zero-order valence-corrected chi connectivity index (χ0v) is 8.83. The maximum atomic E-state index is 11.9. The number of ketones is 1. The third-order valence-corrected chi connectivity index (χ3v) is 2.95. The van der Waals surface area contributed by atoms with Crippen LogP contribution < -0.4 is 0 Å². The Kier molecular flexibility index (Phi) is 3.26. The summed E-state index contributed by atoms with van der Waals surface area (Å²) in [6, 6.07) is 0. The number of esters is 1. The molecule has 0 aliphatic heterocycles. The van der Waals surface area contributed by atoms with Crippen LogP contribution in [0.1, 0.15) is 26.2 Å². The van der Waals surface area contributed by atoms with E-state index in [1.165, 1.54) is 14.2 Å². The van der Waals surface area contributed by atoms with Gasteiger partial charge in [-0.1, -0.05) is 0 Å². The molecule has 1 unspecified atom stereocenters. The molecule has 1 aliphatic carbocycles. The monoisotopic (exact) mass is 200 g/mol. The van der Waals surface area contributed by atoms with Crippen molar-refractivity contribution in [2.24, 2.45) is 5.92 Å². The molecule has 0 spiro atoms. The van der Waals surface area contributed by atoms with Crippen molar-refractivity contribution < 1.29 is 19.1 Å². The molecule has 80 valence electrons. The molecule has 14 heavy (non-hydrogen) atoms. The SMILES string of the molecule is COC(=O)C(C)C(=O)C1(OC)CCC1. The number of carbonyl (C=O) groups is 2. The lowest BCUT2D eigenvalue weighted by Gasteiger charge is -2.39. The smallest absolute Gasteiger partial charge is 0.316 e. The van der Waals surface area contributed by atoms with Crippen LogP contribution in [-0.2, 0) is 19.1 Å². The van der Waals surface area contributed by atoms with Crippen LogP contribution in [0.5, 0.6) is 0 Å². The lowest BCUT2D eigenvalue weighted by Crippen LogP contribution is -2.51. The zero-order valence-electron chi connectivity index (χ0n) is 8.83. The first-order valence-electron chi connectivity index (χ1n) is 4.74. The molecule has 0 saturated heterocycles. The summed E-state index contributed by atoms with van der Waals surface area (Å²) in [5.74, 6) is -1.36. The van der Waals surface area contributed by atoms with Gasteiger partial charge in [0.15, 0.2) is 5.78 Å². The van der Waals surface area contributed by atoms with Gasteiger partial charge in [-0.3, -0.25) is 9.59 Å². The Morgan fingerprint density at radius 3 is 2.14 bits per heavy atom. The van der Waals surface area contributed by atoms with E-state index in [0.29, 0.717) is 12.8 Å². The Balaban J connectivity index is 2.68. The molecule has 0 N–H and O–H groups in total. The predicted molar refractivity (Wildman–Crippen MR) is 49.8 cm³/mol. The molecule has 0 aromatic rings. The molecule has 1 rings (SSSR count). The van der Waals surface area contributed by atoms with Crippen molar-refractivity contribution in [2.45, 2.75) is 31.8 Å². The first-order valence-corrected chi connectivity index (χ1v) is 4.74. The van der Waals surface area contributed by atoms with Gasteiger partial charge >= 0.3 is 5.97 Å². The van der Waals surface area contributed by atoms with Gasteiger partial charge in [0.25, 0.3) is 0 Å². The standard InChI is InChI=1S/C10H16O4/c1-7(9(12)13-2)8(11)10(14-3)5-4-6-10/h7H,4-6H2,1-3H3. The normalized spacial score (nSPS) is 20.8. The second kappa shape index (κ2) is 4.09. The minimum Gasteiger partial charge on any atom is -0.468 e. The average Bonchev–Trinajstić information content (AvgIpc) is 2.14. The molecule has 0 radical (unpaired) electrons. The van der Waals surface area contributed by atoms with Gasteiger partial charge in [0.1, 0.15) is 11.5 Å². The van der Waals surface area contributed by atoms with Crippen LogP contribution in [0, 0.1) is 5.92 Å². The maximum Gasteiger partial charge on any atom is 0.316 e. The van der Waals surface area contributed by atoms with Gasteiger partial charge in [-0.2, -0.15) is 0 Å². The third-order valence-electron chi connectivity index (χ3n) is 2.95. The van der Waals surface area contributed by atoms with Crippen molar-refractivity contribution >= 4 is 11.8 Å². The molecule has 1 atom stereocenters. The summed E-state index contributed by atoms with van der Waals surface area (Å²) >= 11 is 0. The molecule has 4 heteroatoms. The number of Topliss-reactive ketones (excluding diaryl/α,β-unsaturated/α-hetero) is 1. The minimum absolute atomic E-state index is 0.155. The average molecular weight is 200 g/mol. The molecule has 0 aromatic carbocycles. The number of methoxy groups -OCH3 is 2. The summed E-state index contributed by atoms with van der Waals surface area (Å²) in [7, 11) is 2.80. The van der Waals surface area contributed by atoms with Gasteiger partial charge in [-0.05, 0) is 26.2 Å². The number of hydrogen-bond acceptors (Lipinski definition) is 4. The van der Waals surface area contributed by atoms with E-state index in [1.807, 2.05) is 0 Å². The van der Waals surface area contributed by atoms with Crippen LogP contribution in [-0.4, -0.2) is 31.6 Å². The van der Waals surface area contributed by atoms with Crippen molar-refractivity contribution in [3.05, 3.63) is 0 Å². The number of rotatable bonds is 4. The number of carbonyl (C=O) groups excluding carboxylic acids is 2. The van der Waals surface area contributed by atoms with Crippen molar-refractivity contribution in [1.29, 1.82) is 0 Å². The molecule has 0 amide bonds. The van der Waals surface area contributed by atoms with Crippen LogP contribution in [0.2, 0.25) is 0 Å². The Morgan fingerprint density at radius 2 is 1.86 bits per heavy atom. The molecule has 4 nitrogen and oxygen atoms in total. The number of ether oxygens (including phenoxy) is 2. The van der Waals surface area contributed by atoms with E-state index >= 15 is 0 Å². The van der Waals surface area contributed by atoms with E-state index in [4.69, 9.17) is 4.74 Å². The van der Waals surface area contributed by atoms with Crippen molar-refractivity contribution in [1.82, 2.24) is 0 Å². The summed E-state index contributed by atoms with van der Waals surface area (Å²) in [6.45, 7) is 1.56. The van der Waals surface area contributed by atoms with Crippen molar-refractivity contribution in [2.75, 3.05) is 14.2 Å². The Labute approximate surface area is 83.6 Å². The highest BCUT2D eigenvalue weighted by Gasteiger charge is 2.47. The molecular formula is C10H16O4. The summed E-state index contributed by atoms with van der Waals surface area (Å²) in [5, 5.41) is 0. The first kappa shape index (κ1) is 11.2. The highest BCUT2D eigenvalue weighted by Crippen LogP contribution is 2.37. The lowest BCUT2D eigenvalue weighted by molar-refractivity contribution is -0.164. The largest absolute Gasteiger partial charge is 0.468 e. The van der Waals surface area contributed by atoms with Crippen LogP contribution in [0.15, 0.2) is 0 Å².